The number of ether oxygens (including phenoxy) is 3. The Balaban J connectivity index is 1.47. The lowest BCUT2D eigenvalue weighted by molar-refractivity contribution is 0.286. The summed E-state index contributed by atoms with van der Waals surface area (Å²) in [6, 6.07) is 19.7. The molecule has 0 radical (unpaired) electrons. The number of pyridine rings is 1. The third kappa shape index (κ3) is 4.96. The molecule has 0 spiro atoms. The highest BCUT2D eigenvalue weighted by molar-refractivity contribution is 5.89. The fraction of sp³-hybridized carbons (Fsp3) is 0.296. The monoisotopic (exact) mass is 486 g/mol. The second-order valence-corrected chi connectivity index (χ2v) is 8.54. The standard InChI is InChI=1S/C27H30N6O3/c1-34-23-11-8-18(16-24(23)35-2)21-9-10-22-25(30-21)26(32-27(28)31-22)33-14-13-29-17-19(33)12-15-36-20-6-4-3-5-7-20/h3-11,16,19,29H,12-15,17H2,1-2H3,(H2,28,31,32). The molecular formula is C27H30N6O3. The lowest BCUT2D eigenvalue weighted by Gasteiger charge is -2.37. The van der Waals surface area contributed by atoms with Gasteiger partial charge >= 0.3 is 0 Å². The number of hydrogen-bond acceptors (Lipinski definition) is 9. The van der Waals surface area contributed by atoms with Crippen LogP contribution in [0.15, 0.2) is 60.7 Å². The minimum absolute atomic E-state index is 0.173. The molecule has 3 N–H and O–H groups in total. The Morgan fingerprint density at radius 3 is 2.61 bits per heavy atom. The molecule has 1 unspecified atom stereocenters. The van der Waals surface area contributed by atoms with Crippen LogP contribution in [-0.2, 0) is 0 Å². The van der Waals surface area contributed by atoms with Gasteiger partial charge in [0.2, 0.25) is 5.95 Å². The first-order chi connectivity index (χ1) is 17.7. The fourth-order valence-corrected chi connectivity index (χ4v) is 4.50. The Bertz CT molecular complexity index is 1330. The van der Waals surface area contributed by atoms with Crippen LogP contribution < -0.4 is 30.2 Å². The number of rotatable bonds is 8. The molecule has 9 nitrogen and oxygen atoms in total. The number of benzene rings is 2. The molecule has 0 saturated carbocycles. The van der Waals surface area contributed by atoms with E-state index in [1.807, 2.05) is 60.7 Å². The number of hydrogen-bond donors (Lipinski definition) is 2. The van der Waals surface area contributed by atoms with Crippen molar-refractivity contribution in [1.82, 2.24) is 20.3 Å². The van der Waals surface area contributed by atoms with E-state index in [4.69, 9.17) is 24.9 Å². The lowest BCUT2D eigenvalue weighted by atomic mass is 10.1. The molecule has 186 valence electrons. The van der Waals surface area contributed by atoms with Crippen LogP contribution in [0.4, 0.5) is 11.8 Å². The second kappa shape index (κ2) is 10.7. The second-order valence-electron chi connectivity index (χ2n) is 8.54. The van der Waals surface area contributed by atoms with Gasteiger partial charge in [0.1, 0.15) is 11.3 Å². The van der Waals surface area contributed by atoms with Crippen molar-refractivity contribution >= 4 is 22.8 Å². The number of piperazine rings is 1. The van der Waals surface area contributed by atoms with Crippen molar-refractivity contribution in [3.63, 3.8) is 0 Å². The van der Waals surface area contributed by atoms with Gasteiger partial charge in [-0.1, -0.05) is 18.2 Å². The van der Waals surface area contributed by atoms with Gasteiger partial charge in [-0.05, 0) is 42.5 Å². The number of nitrogen functional groups attached to an aromatic ring is 1. The smallest absolute Gasteiger partial charge is 0.222 e. The van der Waals surface area contributed by atoms with Crippen LogP contribution in [0.2, 0.25) is 0 Å². The molecule has 2 aromatic carbocycles. The Kier molecular flexibility index (Phi) is 6.99. The molecule has 1 fully saturated rings. The van der Waals surface area contributed by atoms with Crippen LogP contribution in [0.5, 0.6) is 17.2 Å². The highest BCUT2D eigenvalue weighted by atomic mass is 16.5. The van der Waals surface area contributed by atoms with Gasteiger partial charge in [-0.25, -0.2) is 9.97 Å². The zero-order valence-corrected chi connectivity index (χ0v) is 20.5. The molecule has 1 aliphatic heterocycles. The van der Waals surface area contributed by atoms with E-state index in [-0.39, 0.29) is 12.0 Å². The van der Waals surface area contributed by atoms with Gasteiger partial charge in [-0.3, -0.25) is 0 Å². The van der Waals surface area contributed by atoms with Crippen LogP contribution in [0.25, 0.3) is 22.3 Å². The first-order valence-electron chi connectivity index (χ1n) is 12.0. The summed E-state index contributed by atoms with van der Waals surface area (Å²) in [6.45, 7) is 3.04. The number of nitrogens with zero attached hydrogens (tertiary/aromatic N) is 4. The predicted octanol–water partition coefficient (Wildman–Crippen LogP) is 3.54. The average molecular weight is 487 g/mol. The van der Waals surface area contributed by atoms with Gasteiger partial charge in [0.15, 0.2) is 17.3 Å². The number of anilines is 2. The number of nitrogens with one attached hydrogen (secondary N) is 1. The summed E-state index contributed by atoms with van der Waals surface area (Å²) in [5.74, 6) is 3.15. The van der Waals surface area contributed by atoms with Crippen molar-refractivity contribution in [2.75, 3.05) is 51.1 Å². The molecule has 9 heteroatoms. The van der Waals surface area contributed by atoms with Crippen molar-refractivity contribution in [3.8, 4) is 28.5 Å². The first kappa shape index (κ1) is 23.6. The summed E-state index contributed by atoms with van der Waals surface area (Å²) in [4.78, 5) is 16.4. The molecule has 4 aromatic rings. The van der Waals surface area contributed by atoms with E-state index < -0.39 is 0 Å². The molecule has 1 aliphatic rings. The summed E-state index contributed by atoms with van der Waals surface area (Å²) < 4.78 is 16.8. The summed E-state index contributed by atoms with van der Waals surface area (Å²) in [5.41, 5.74) is 9.24. The number of aromatic nitrogens is 3. The third-order valence-corrected chi connectivity index (χ3v) is 6.31. The normalized spacial score (nSPS) is 15.6. The van der Waals surface area contributed by atoms with Gasteiger partial charge in [-0.2, -0.15) is 4.98 Å². The summed E-state index contributed by atoms with van der Waals surface area (Å²) >= 11 is 0. The van der Waals surface area contributed by atoms with Crippen molar-refractivity contribution in [3.05, 3.63) is 60.7 Å². The van der Waals surface area contributed by atoms with Gasteiger partial charge in [-0.15, -0.1) is 0 Å². The molecule has 0 bridgehead atoms. The minimum Gasteiger partial charge on any atom is -0.494 e. The maximum Gasteiger partial charge on any atom is 0.222 e. The molecule has 5 rings (SSSR count). The molecule has 0 amide bonds. The van der Waals surface area contributed by atoms with Gasteiger partial charge in [0.25, 0.3) is 0 Å². The van der Waals surface area contributed by atoms with E-state index in [2.05, 4.69) is 20.2 Å². The van der Waals surface area contributed by atoms with Gasteiger partial charge in [0, 0.05) is 37.7 Å². The van der Waals surface area contributed by atoms with E-state index in [1.165, 1.54) is 0 Å². The number of nitrogens with two attached hydrogens (primary N) is 1. The Morgan fingerprint density at radius 2 is 1.81 bits per heavy atom. The number of fused-ring (bicyclic) bond motifs is 1. The SMILES string of the molecule is COc1ccc(-c2ccc3nc(N)nc(N4CCNCC4CCOc4ccccc4)c3n2)cc1OC. The first-order valence-corrected chi connectivity index (χ1v) is 12.0. The zero-order valence-electron chi connectivity index (χ0n) is 20.5. The molecule has 36 heavy (non-hydrogen) atoms. The van der Waals surface area contributed by atoms with Crippen molar-refractivity contribution in [1.29, 1.82) is 0 Å². The van der Waals surface area contributed by atoms with Gasteiger partial charge in [0.05, 0.1) is 32.0 Å². The van der Waals surface area contributed by atoms with Crippen molar-refractivity contribution in [2.24, 2.45) is 0 Å². The van der Waals surface area contributed by atoms with E-state index in [0.717, 1.165) is 48.9 Å². The molecule has 0 aliphatic carbocycles. The molecular weight excluding hydrogens is 456 g/mol. The van der Waals surface area contributed by atoms with Crippen LogP contribution >= 0.6 is 0 Å². The maximum atomic E-state index is 6.12. The molecule has 2 aromatic heterocycles. The Hall–Kier alpha value is -4.11. The predicted molar refractivity (Wildman–Crippen MR) is 141 cm³/mol. The fourth-order valence-electron chi connectivity index (χ4n) is 4.50. The van der Waals surface area contributed by atoms with Crippen LogP contribution in [0, 0.1) is 0 Å². The number of methoxy groups -OCH3 is 2. The average Bonchev–Trinajstić information content (AvgIpc) is 2.93. The molecule has 1 atom stereocenters. The lowest BCUT2D eigenvalue weighted by Crippen LogP contribution is -2.52. The van der Waals surface area contributed by atoms with Crippen LogP contribution in [-0.4, -0.2) is 61.5 Å². The maximum absolute atomic E-state index is 6.12. The van der Waals surface area contributed by atoms with Crippen molar-refractivity contribution in [2.45, 2.75) is 12.5 Å². The van der Waals surface area contributed by atoms with E-state index in [9.17, 15) is 0 Å². The zero-order chi connectivity index (χ0) is 24.9. The summed E-state index contributed by atoms with van der Waals surface area (Å²) in [7, 11) is 3.24. The molecule has 1 saturated heterocycles. The minimum atomic E-state index is 0.173. The van der Waals surface area contributed by atoms with Gasteiger partial charge < -0.3 is 30.2 Å². The third-order valence-electron chi connectivity index (χ3n) is 6.31. The largest absolute Gasteiger partial charge is 0.494 e. The van der Waals surface area contributed by atoms with Crippen molar-refractivity contribution < 1.29 is 14.2 Å². The summed E-state index contributed by atoms with van der Waals surface area (Å²) in [5, 5.41) is 3.49. The van der Waals surface area contributed by atoms with Crippen LogP contribution in [0.3, 0.4) is 0 Å². The van der Waals surface area contributed by atoms with E-state index in [1.54, 1.807) is 14.2 Å². The highest BCUT2D eigenvalue weighted by Gasteiger charge is 2.26. The molecule has 3 heterocycles. The number of para-hydroxylation sites is 1. The highest BCUT2D eigenvalue weighted by Crippen LogP contribution is 2.33. The Labute approximate surface area is 210 Å². The quantitative estimate of drug-likeness (QED) is 0.387. The van der Waals surface area contributed by atoms with E-state index in [0.29, 0.717) is 29.1 Å². The topological polar surface area (TPSA) is 108 Å². The Morgan fingerprint density at radius 1 is 0.972 bits per heavy atom. The van der Waals surface area contributed by atoms with E-state index >= 15 is 0 Å². The summed E-state index contributed by atoms with van der Waals surface area (Å²) in [6.07, 6.45) is 0.822. The van der Waals surface area contributed by atoms with Crippen LogP contribution in [0.1, 0.15) is 6.42 Å².